The molecule has 1 aliphatic rings. The molecular formula is C19H33Cl2N3O4. The molecule has 1 saturated heterocycles. The number of hydrogen-bond donors (Lipinski definition) is 2. The van der Waals surface area contributed by atoms with Crippen LogP contribution in [0.25, 0.3) is 0 Å². The normalized spacial score (nSPS) is 17.8. The Balaban J connectivity index is 0.00000364. The topological polar surface area (TPSA) is 86.1 Å². The van der Waals surface area contributed by atoms with Gasteiger partial charge < -0.3 is 25.3 Å². The van der Waals surface area contributed by atoms with Crippen LogP contribution in [-0.4, -0.2) is 62.5 Å². The lowest BCUT2D eigenvalue weighted by atomic mass is 10.1. The zero-order valence-corrected chi connectivity index (χ0v) is 18.4. The third-order valence-electron chi connectivity index (χ3n) is 4.29. The summed E-state index contributed by atoms with van der Waals surface area (Å²) in [4.78, 5) is 14.1. The first-order chi connectivity index (χ1) is 12.5. The Morgan fingerprint density at radius 2 is 1.93 bits per heavy atom. The lowest BCUT2D eigenvalue weighted by Gasteiger charge is -2.33. The van der Waals surface area contributed by atoms with E-state index in [1.165, 1.54) is 0 Å². The largest absolute Gasteiger partial charge is 0.490 e. The van der Waals surface area contributed by atoms with Crippen LogP contribution < -0.4 is 20.5 Å². The molecule has 162 valence electrons. The van der Waals surface area contributed by atoms with Gasteiger partial charge in [-0.3, -0.25) is 9.69 Å². The summed E-state index contributed by atoms with van der Waals surface area (Å²) >= 11 is 0. The molecule has 2 atom stereocenters. The van der Waals surface area contributed by atoms with Crippen molar-refractivity contribution in [1.29, 1.82) is 0 Å². The molecule has 1 aromatic rings. The Bertz CT molecular complexity index is 578. The zero-order chi connectivity index (χ0) is 18.9. The predicted octanol–water partition coefficient (Wildman–Crippen LogP) is 2.07. The molecule has 1 unspecified atom stereocenters. The summed E-state index contributed by atoms with van der Waals surface area (Å²) in [6, 6.07) is 7.13. The number of ether oxygens (including phenoxy) is 3. The van der Waals surface area contributed by atoms with Gasteiger partial charge in [0.1, 0.15) is 12.7 Å². The first kappa shape index (κ1) is 26.8. The number of benzene rings is 1. The highest BCUT2D eigenvalue weighted by Gasteiger charge is 2.23. The number of hydrogen-bond acceptors (Lipinski definition) is 6. The van der Waals surface area contributed by atoms with Gasteiger partial charge in [0.15, 0.2) is 11.5 Å². The number of carbonyl (C=O) groups is 1. The van der Waals surface area contributed by atoms with E-state index in [4.69, 9.17) is 19.9 Å². The number of carbonyl (C=O) groups excluding carboxylic acids is 1. The number of halogens is 2. The Morgan fingerprint density at radius 3 is 2.54 bits per heavy atom. The fourth-order valence-corrected chi connectivity index (χ4v) is 2.66. The van der Waals surface area contributed by atoms with Crippen molar-refractivity contribution in [3.8, 4) is 11.5 Å². The first-order valence-corrected chi connectivity index (χ1v) is 9.23. The van der Waals surface area contributed by atoms with E-state index in [-0.39, 0.29) is 42.7 Å². The smallest absolute Gasteiger partial charge is 0.238 e. The lowest BCUT2D eigenvalue weighted by molar-refractivity contribution is -0.124. The number of nitrogens with zero attached hydrogens (tertiary/aromatic N) is 1. The second-order valence-electron chi connectivity index (χ2n) is 6.73. The van der Waals surface area contributed by atoms with Crippen molar-refractivity contribution in [3.05, 3.63) is 24.3 Å². The minimum Gasteiger partial charge on any atom is -0.490 e. The molecule has 1 heterocycles. The van der Waals surface area contributed by atoms with E-state index >= 15 is 0 Å². The Hall–Kier alpha value is -1.25. The SMILES string of the molecule is CCOc1ccccc1OCC1CN(CNC(=O)[C@H](N)C(C)C)CCO1.Cl.Cl. The molecule has 1 aliphatic heterocycles. The van der Waals surface area contributed by atoms with Gasteiger partial charge in [-0.2, -0.15) is 0 Å². The standard InChI is InChI=1S/C19H31N3O4.2ClH/c1-4-24-16-7-5-6-8-17(16)26-12-15-11-22(9-10-25-15)13-21-19(23)18(20)14(2)3;;/h5-8,14-15,18H,4,9-13,20H2,1-3H3,(H,21,23);2*1H/t15?,18-;;/m1../s1. The first-order valence-electron chi connectivity index (χ1n) is 9.23. The second-order valence-corrected chi connectivity index (χ2v) is 6.73. The molecule has 0 bridgehead atoms. The maximum absolute atomic E-state index is 12.0. The molecule has 28 heavy (non-hydrogen) atoms. The highest BCUT2D eigenvalue weighted by Crippen LogP contribution is 2.26. The molecule has 0 spiro atoms. The van der Waals surface area contributed by atoms with Gasteiger partial charge in [-0.05, 0) is 25.0 Å². The minimum atomic E-state index is -0.481. The number of morpholine rings is 1. The Morgan fingerprint density at radius 1 is 1.29 bits per heavy atom. The van der Waals surface area contributed by atoms with Crippen LogP contribution in [0.4, 0.5) is 0 Å². The van der Waals surface area contributed by atoms with Crippen molar-refractivity contribution in [2.75, 3.05) is 39.6 Å². The number of para-hydroxylation sites is 2. The summed E-state index contributed by atoms with van der Waals surface area (Å²) in [7, 11) is 0. The van der Waals surface area contributed by atoms with Crippen molar-refractivity contribution >= 4 is 30.7 Å². The Labute approximate surface area is 180 Å². The van der Waals surface area contributed by atoms with Gasteiger partial charge in [0.05, 0.1) is 25.9 Å². The summed E-state index contributed by atoms with van der Waals surface area (Å²) in [5.74, 6) is 1.44. The average molecular weight is 438 g/mol. The highest BCUT2D eigenvalue weighted by atomic mass is 35.5. The van der Waals surface area contributed by atoms with Crippen LogP contribution >= 0.6 is 24.8 Å². The molecule has 1 amide bonds. The monoisotopic (exact) mass is 437 g/mol. The second kappa shape index (κ2) is 13.8. The summed E-state index contributed by atoms with van der Waals surface area (Å²) < 4.78 is 17.2. The predicted molar refractivity (Wildman–Crippen MR) is 115 cm³/mol. The fraction of sp³-hybridized carbons (Fsp3) is 0.632. The molecule has 0 aromatic heterocycles. The van der Waals surface area contributed by atoms with Crippen molar-refractivity contribution < 1.29 is 19.0 Å². The van der Waals surface area contributed by atoms with Crippen LogP contribution in [0.1, 0.15) is 20.8 Å². The number of rotatable bonds is 9. The van der Waals surface area contributed by atoms with Crippen LogP contribution in [0, 0.1) is 5.92 Å². The van der Waals surface area contributed by atoms with E-state index in [1.54, 1.807) is 0 Å². The van der Waals surface area contributed by atoms with E-state index in [0.717, 1.165) is 12.3 Å². The number of nitrogens with two attached hydrogens (primary N) is 1. The molecule has 3 N–H and O–H groups in total. The van der Waals surface area contributed by atoms with Crippen LogP contribution in [0.3, 0.4) is 0 Å². The Kier molecular flexibility index (Phi) is 13.2. The van der Waals surface area contributed by atoms with Crippen LogP contribution in [0.2, 0.25) is 0 Å². The van der Waals surface area contributed by atoms with E-state index in [1.807, 2.05) is 45.0 Å². The molecule has 0 saturated carbocycles. The minimum absolute atomic E-state index is 0. The van der Waals surface area contributed by atoms with Crippen molar-refractivity contribution in [1.82, 2.24) is 10.2 Å². The van der Waals surface area contributed by atoms with Gasteiger partial charge in [0.2, 0.25) is 5.91 Å². The van der Waals surface area contributed by atoms with Crippen LogP contribution in [-0.2, 0) is 9.53 Å². The third kappa shape index (κ3) is 8.41. The van der Waals surface area contributed by atoms with E-state index in [2.05, 4.69) is 10.2 Å². The number of amides is 1. The molecule has 1 aromatic carbocycles. The maximum atomic E-state index is 12.0. The highest BCUT2D eigenvalue weighted by molar-refractivity contribution is 5.85. The van der Waals surface area contributed by atoms with Gasteiger partial charge in [-0.1, -0.05) is 26.0 Å². The fourth-order valence-electron chi connectivity index (χ4n) is 2.66. The summed E-state index contributed by atoms with van der Waals surface area (Å²) in [5, 5.41) is 2.90. The van der Waals surface area contributed by atoms with E-state index in [9.17, 15) is 4.79 Å². The molecule has 2 rings (SSSR count). The zero-order valence-electron chi connectivity index (χ0n) is 16.8. The van der Waals surface area contributed by atoms with Crippen molar-refractivity contribution in [3.63, 3.8) is 0 Å². The molecular weight excluding hydrogens is 405 g/mol. The molecule has 0 radical (unpaired) electrons. The van der Waals surface area contributed by atoms with Crippen molar-refractivity contribution in [2.24, 2.45) is 11.7 Å². The number of nitrogens with one attached hydrogen (secondary N) is 1. The summed E-state index contributed by atoms with van der Waals surface area (Å²) in [5.41, 5.74) is 5.87. The van der Waals surface area contributed by atoms with Gasteiger partial charge in [-0.15, -0.1) is 24.8 Å². The third-order valence-corrected chi connectivity index (χ3v) is 4.29. The van der Waals surface area contributed by atoms with Gasteiger partial charge in [-0.25, -0.2) is 0 Å². The van der Waals surface area contributed by atoms with Crippen LogP contribution in [0.5, 0.6) is 11.5 Å². The molecule has 7 nitrogen and oxygen atoms in total. The quantitative estimate of drug-likeness (QED) is 0.614. The van der Waals surface area contributed by atoms with E-state index < -0.39 is 6.04 Å². The molecule has 9 heteroatoms. The van der Waals surface area contributed by atoms with E-state index in [0.29, 0.717) is 38.8 Å². The van der Waals surface area contributed by atoms with Gasteiger partial charge in [0.25, 0.3) is 0 Å². The van der Waals surface area contributed by atoms with Crippen LogP contribution in [0.15, 0.2) is 24.3 Å². The summed E-state index contributed by atoms with van der Waals surface area (Å²) in [6.07, 6.45) is -0.0610. The molecule has 1 fully saturated rings. The van der Waals surface area contributed by atoms with Crippen molar-refractivity contribution in [2.45, 2.75) is 32.9 Å². The van der Waals surface area contributed by atoms with Gasteiger partial charge >= 0.3 is 0 Å². The summed E-state index contributed by atoms with van der Waals surface area (Å²) in [6.45, 7) is 9.36. The maximum Gasteiger partial charge on any atom is 0.238 e. The molecule has 0 aliphatic carbocycles. The van der Waals surface area contributed by atoms with Gasteiger partial charge in [0, 0.05) is 13.1 Å². The average Bonchev–Trinajstić information content (AvgIpc) is 2.65. The lowest BCUT2D eigenvalue weighted by Crippen LogP contribution is -2.52.